The monoisotopic (exact) mass is 408 g/mol. The van der Waals surface area contributed by atoms with E-state index in [0.717, 1.165) is 12.8 Å². The van der Waals surface area contributed by atoms with Crippen molar-refractivity contribution in [3.05, 3.63) is 35.7 Å². The van der Waals surface area contributed by atoms with Crippen LogP contribution in [0.25, 0.3) is 0 Å². The van der Waals surface area contributed by atoms with E-state index in [0.29, 0.717) is 38.8 Å². The Bertz CT molecular complexity index is 931. The molecule has 2 aliphatic heterocycles. The van der Waals surface area contributed by atoms with Gasteiger partial charge < -0.3 is 13.9 Å². The molecule has 150 valence electrons. The molecular weight excluding hydrogens is 388 g/mol. The average Bonchev–Trinajstić information content (AvgIpc) is 3.40. The summed E-state index contributed by atoms with van der Waals surface area (Å²) in [5.41, 5.74) is 0.276. The molecule has 1 aromatic heterocycles. The summed E-state index contributed by atoms with van der Waals surface area (Å²) in [7, 11) is -3.60. The van der Waals surface area contributed by atoms with Crippen LogP contribution < -0.4 is 5.32 Å². The number of morpholine rings is 1. The SMILES string of the molecule is O=C(Nc1nnc([C@H]2CCCO2)o1)c1ccc(S(=O)(=O)N2CCOCC2)cc1. The van der Waals surface area contributed by atoms with E-state index in [4.69, 9.17) is 13.9 Å². The molecule has 3 heterocycles. The Morgan fingerprint density at radius 2 is 1.86 bits per heavy atom. The summed E-state index contributed by atoms with van der Waals surface area (Å²) < 4.78 is 42.7. The highest BCUT2D eigenvalue weighted by Gasteiger charge is 2.27. The lowest BCUT2D eigenvalue weighted by Gasteiger charge is -2.26. The minimum Gasteiger partial charge on any atom is -0.405 e. The zero-order chi connectivity index (χ0) is 19.6. The molecule has 0 unspecified atom stereocenters. The van der Waals surface area contributed by atoms with E-state index >= 15 is 0 Å². The maximum atomic E-state index is 12.6. The van der Waals surface area contributed by atoms with Gasteiger partial charge in [0.25, 0.3) is 5.91 Å². The number of hydrogen-bond acceptors (Lipinski definition) is 8. The lowest BCUT2D eigenvalue weighted by Crippen LogP contribution is -2.40. The molecule has 1 N–H and O–H groups in total. The van der Waals surface area contributed by atoms with Crippen molar-refractivity contribution >= 4 is 21.9 Å². The number of benzene rings is 1. The van der Waals surface area contributed by atoms with Crippen LogP contribution in [0, 0.1) is 0 Å². The normalized spacial score (nSPS) is 20.9. The molecule has 2 aliphatic rings. The first-order chi connectivity index (χ1) is 13.5. The Kier molecular flexibility index (Phi) is 5.40. The van der Waals surface area contributed by atoms with Crippen molar-refractivity contribution < 1.29 is 27.1 Å². The predicted molar refractivity (Wildman–Crippen MR) is 96.2 cm³/mol. The molecule has 1 aromatic carbocycles. The Balaban J connectivity index is 1.42. The second-order valence-electron chi connectivity index (χ2n) is 6.44. The molecule has 2 aromatic rings. The molecule has 1 atom stereocenters. The Hall–Kier alpha value is -2.34. The van der Waals surface area contributed by atoms with Gasteiger partial charge in [-0.2, -0.15) is 4.31 Å². The van der Waals surface area contributed by atoms with Crippen molar-refractivity contribution in [2.24, 2.45) is 0 Å². The van der Waals surface area contributed by atoms with Crippen molar-refractivity contribution in [2.75, 3.05) is 38.2 Å². The second kappa shape index (κ2) is 7.95. The fourth-order valence-electron chi connectivity index (χ4n) is 3.07. The second-order valence-corrected chi connectivity index (χ2v) is 8.38. The number of carbonyl (C=O) groups is 1. The molecule has 2 fully saturated rings. The summed E-state index contributed by atoms with van der Waals surface area (Å²) in [5.74, 6) is -0.141. The maximum absolute atomic E-state index is 12.6. The van der Waals surface area contributed by atoms with E-state index in [-0.39, 0.29) is 22.6 Å². The first kappa shape index (κ1) is 19.0. The van der Waals surface area contributed by atoms with Gasteiger partial charge in [0, 0.05) is 25.3 Å². The summed E-state index contributed by atoms with van der Waals surface area (Å²) in [6, 6.07) is 5.68. The number of amides is 1. The van der Waals surface area contributed by atoms with Gasteiger partial charge in [-0.1, -0.05) is 5.10 Å². The smallest absolute Gasteiger partial charge is 0.322 e. The highest BCUT2D eigenvalue weighted by molar-refractivity contribution is 7.89. The van der Waals surface area contributed by atoms with Crippen molar-refractivity contribution in [1.82, 2.24) is 14.5 Å². The van der Waals surface area contributed by atoms with Crippen molar-refractivity contribution in [1.29, 1.82) is 0 Å². The minimum absolute atomic E-state index is 0.0273. The molecule has 0 radical (unpaired) electrons. The number of carbonyl (C=O) groups excluding carboxylic acids is 1. The van der Waals surface area contributed by atoms with Gasteiger partial charge in [-0.05, 0) is 37.1 Å². The number of nitrogens with one attached hydrogen (secondary N) is 1. The number of sulfonamides is 1. The van der Waals surface area contributed by atoms with Crippen LogP contribution in [0.3, 0.4) is 0 Å². The third-order valence-corrected chi connectivity index (χ3v) is 6.50. The number of nitrogens with zero attached hydrogens (tertiary/aromatic N) is 3. The van der Waals surface area contributed by atoms with Crippen molar-refractivity contribution in [3.63, 3.8) is 0 Å². The fraction of sp³-hybridized carbons (Fsp3) is 0.471. The van der Waals surface area contributed by atoms with E-state index < -0.39 is 15.9 Å². The average molecular weight is 408 g/mol. The van der Waals surface area contributed by atoms with Gasteiger partial charge in [0.05, 0.1) is 18.1 Å². The van der Waals surface area contributed by atoms with Crippen LogP contribution in [0.5, 0.6) is 0 Å². The summed E-state index contributed by atoms with van der Waals surface area (Å²) in [4.78, 5) is 12.5. The van der Waals surface area contributed by atoms with Gasteiger partial charge in [-0.15, -0.1) is 5.10 Å². The number of ether oxygens (including phenoxy) is 2. The van der Waals surface area contributed by atoms with Crippen LogP contribution in [0.2, 0.25) is 0 Å². The third kappa shape index (κ3) is 3.92. The van der Waals surface area contributed by atoms with Gasteiger partial charge >= 0.3 is 6.01 Å². The molecule has 11 heteroatoms. The zero-order valence-corrected chi connectivity index (χ0v) is 15.9. The summed E-state index contributed by atoms with van der Waals surface area (Å²) in [6.07, 6.45) is 1.49. The van der Waals surface area contributed by atoms with Crippen molar-refractivity contribution in [3.8, 4) is 0 Å². The highest BCUT2D eigenvalue weighted by atomic mass is 32.2. The summed E-state index contributed by atoms with van der Waals surface area (Å²) >= 11 is 0. The van der Waals surface area contributed by atoms with Crippen LogP contribution in [-0.2, 0) is 19.5 Å². The van der Waals surface area contributed by atoms with E-state index in [9.17, 15) is 13.2 Å². The van der Waals surface area contributed by atoms with Gasteiger partial charge in [0.1, 0.15) is 6.10 Å². The van der Waals surface area contributed by atoms with Gasteiger partial charge in [0.15, 0.2) is 0 Å². The lowest BCUT2D eigenvalue weighted by atomic mass is 10.2. The Morgan fingerprint density at radius 1 is 1.11 bits per heavy atom. The molecule has 0 spiro atoms. The number of aromatic nitrogens is 2. The molecule has 0 aliphatic carbocycles. The highest BCUT2D eigenvalue weighted by Crippen LogP contribution is 2.28. The van der Waals surface area contributed by atoms with E-state index in [2.05, 4.69) is 15.5 Å². The van der Waals surface area contributed by atoms with Crippen LogP contribution in [0.1, 0.15) is 35.2 Å². The van der Waals surface area contributed by atoms with Crippen molar-refractivity contribution in [2.45, 2.75) is 23.8 Å². The van der Waals surface area contributed by atoms with Gasteiger partial charge in [0.2, 0.25) is 15.9 Å². The quantitative estimate of drug-likeness (QED) is 0.782. The number of anilines is 1. The summed E-state index contributed by atoms with van der Waals surface area (Å²) in [5, 5.41) is 10.2. The largest absolute Gasteiger partial charge is 0.405 e. The molecule has 0 saturated carbocycles. The number of hydrogen-bond donors (Lipinski definition) is 1. The Morgan fingerprint density at radius 3 is 2.54 bits per heavy atom. The summed E-state index contributed by atoms with van der Waals surface area (Å²) in [6.45, 7) is 2.02. The van der Waals surface area contributed by atoms with Gasteiger partial charge in [-0.25, -0.2) is 8.42 Å². The Labute approximate surface area is 161 Å². The number of rotatable bonds is 5. The van der Waals surface area contributed by atoms with Crippen LogP contribution >= 0.6 is 0 Å². The molecule has 2 saturated heterocycles. The third-order valence-electron chi connectivity index (χ3n) is 4.59. The molecule has 1 amide bonds. The molecule has 28 heavy (non-hydrogen) atoms. The zero-order valence-electron chi connectivity index (χ0n) is 15.0. The lowest BCUT2D eigenvalue weighted by molar-refractivity contribution is 0.0730. The van der Waals surface area contributed by atoms with Gasteiger partial charge in [-0.3, -0.25) is 10.1 Å². The molecule has 0 bridgehead atoms. The van der Waals surface area contributed by atoms with Crippen LogP contribution in [-0.4, -0.2) is 61.7 Å². The molecular formula is C17H20N4O6S. The molecule has 10 nitrogen and oxygen atoms in total. The predicted octanol–water partition coefficient (Wildman–Crippen LogP) is 1.19. The fourth-order valence-corrected chi connectivity index (χ4v) is 4.48. The standard InChI is InChI=1S/C17H20N4O6S/c22-15(18-17-20-19-16(27-17)14-2-1-9-26-14)12-3-5-13(6-4-12)28(23,24)21-7-10-25-11-8-21/h3-6,14H,1-2,7-11H2,(H,18,20,22)/t14-/m1/s1. The van der Waals surface area contributed by atoms with Crippen LogP contribution in [0.15, 0.2) is 33.6 Å². The topological polar surface area (TPSA) is 124 Å². The first-order valence-electron chi connectivity index (χ1n) is 8.98. The maximum Gasteiger partial charge on any atom is 0.322 e. The molecule has 4 rings (SSSR count). The minimum atomic E-state index is -3.60. The van der Waals surface area contributed by atoms with E-state index in [1.807, 2.05) is 0 Å². The first-order valence-corrected chi connectivity index (χ1v) is 10.4. The van der Waals surface area contributed by atoms with E-state index in [1.165, 1.54) is 28.6 Å². The van der Waals surface area contributed by atoms with Crippen LogP contribution in [0.4, 0.5) is 6.01 Å². The van der Waals surface area contributed by atoms with E-state index in [1.54, 1.807) is 0 Å².